The molecular weight excluding hydrogens is 456 g/mol. The van der Waals surface area contributed by atoms with Gasteiger partial charge in [0.25, 0.3) is 0 Å². The molecule has 2 aliphatic rings. The van der Waals surface area contributed by atoms with Crippen molar-refractivity contribution in [3.05, 3.63) is 83.4 Å². The van der Waals surface area contributed by atoms with Crippen molar-refractivity contribution in [2.24, 2.45) is 5.92 Å². The molecule has 0 fully saturated rings. The van der Waals surface area contributed by atoms with E-state index in [9.17, 15) is 19.5 Å². The molecule has 190 valence electrons. The maximum Gasteiger partial charge on any atom is 0.305 e. The minimum atomic E-state index is -0.576. The van der Waals surface area contributed by atoms with Crippen LogP contribution < -0.4 is 5.32 Å². The van der Waals surface area contributed by atoms with E-state index in [0.29, 0.717) is 38.6 Å². The first-order chi connectivity index (χ1) is 17.5. The molecule has 0 bridgehead atoms. The third-order valence-corrected chi connectivity index (χ3v) is 6.95. The summed E-state index contributed by atoms with van der Waals surface area (Å²) in [7, 11) is 0. The molecule has 36 heavy (non-hydrogen) atoms. The largest absolute Gasteiger partial charge is 0.463 e. The zero-order chi connectivity index (χ0) is 25.3. The minimum absolute atomic E-state index is 0.0378. The zero-order valence-electron chi connectivity index (χ0n) is 20.5. The molecule has 2 aliphatic heterocycles. The number of nitrogens with one attached hydrogen (secondary N) is 1. The van der Waals surface area contributed by atoms with E-state index in [2.05, 4.69) is 5.32 Å². The normalized spacial score (nSPS) is 23.4. The van der Waals surface area contributed by atoms with Crippen LogP contribution >= 0.6 is 0 Å². The molecular formula is C29H34N2O5. The van der Waals surface area contributed by atoms with Gasteiger partial charge in [-0.2, -0.15) is 0 Å². The molecule has 0 aromatic heterocycles. The Bertz CT molecular complexity index is 1080. The van der Waals surface area contributed by atoms with Crippen molar-refractivity contribution in [3.63, 3.8) is 0 Å². The summed E-state index contributed by atoms with van der Waals surface area (Å²) in [4.78, 5) is 40.8. The van der Waals surface area contributed by atoms with Crippen molar-refractivity contribution in [3.8, 4) is 0 Å². The van der Waals surface area contributed by atoms with Gasteiger partial charge in [0.05, 0.1) is 24.6 Å². The SMILES string of the molecule is O=C1CCCC=CC[C@H](CC(=O)N2Cc3ccccc3C[C@H]2CO)C(=O)N[C@H](c2ccccc2)CO1. The van der Waals surface area contributed by atoms with Crippen LogP contribution in [0.3, 0.4) is 0 Å². The summed E-state index contributed by atoms with van der Waals surface area (Å²) in [5.41, 5.74) is 3.05. The predicted octanol–water partition coefficient (Wildman–Crippen LogP) is 3.47. The van der Waals surface area contributed by atoms with E-state index in [4.69, 9.17) is 4.74 Å². The highest BCUT2D eigenvalue weighted by Gasteiger charge is 2.32. The van der Waals surface area contributed by atoms with E-state index in [1.807, 2.05) is 66.7 Å². The second kappa shape index (κ2) is 12.5. The number of cyclic esters (lactones) is 1. The van der Waals surface area contributed by atoms with E-state index < -0.39 is 12.0 Å². The lowest BCUT2D eigenvalue weighted by molar-refractivity contribution is -0.145. The lowest BCUT2D eigenvalue weighted by atomic mass is 9.92. The van der Waals surface area contributed by atoms with Crippen LogP contribution in [0.5, 0.6) is 0 Å². The van der Waals surface area contributed by atoms with E-state index in [-0.39, 0.29) is 43.5 Å². The highest BCUT2D eigenvalue weighted by molar-refractivity contribution is 5.86. The molecule has 0 spiro atoms. The Morgan fingerprint density at radius 2 is 1.78 bits per heavy atom. The predicted molar refractivity (Wildman–Crippen MR) is 136 cm³/mol. The first kappa shape index (κ1) is 25.6. The van der Waals surface area contributed by atoms with E-state index in [1.54, 1.807) is 4.90 Å². The molecule has 2 aromatic carbocycles. The van der Waals surface area contributed by atoms with Crippen LogP contribution in [0.25, 0.3) is 0 Å². The van der Waals surface area contributed by atoms with Gasteiger partial charge >= 0.3 is 5.97 Å². The van der Waals surface area contributed by atoms with Crippen molar-refractivity contribution in [1.82, 2.24) is 10.2 Å². The number of nitrogens with zero attached hydrogens (tertiary/aromatic N) is 1. The summed E-state index contributed by atoms with van der Waals surface area (Å²) in [6.07, 6.45) is 6.62. The summed E-state index contributed by atoms with van der Waals surface area (Å²) in [5, 5.41) is 13.0. The number of carbonyl (C=O) groups is 3. The average Bonchev–Trinajstić information content (AvgIpc) is 2.92. The Balaban J connectivity index is 1.52. The van der Waals surface area contributed by atoms with Crippen molar-refractivity contribution in [2.75, 3.05) is 13.2 Å². The Morgan fingerprint density at radius 3 is 2.56 bits per heavy atom. The molecule has 0 saturated carbocycles. The quantitative estimate of drug-likeness (QED) is 0.506. The molecule has 3 atom stereocenters. The Morgan fingerprint density at radius 1 is 1.03 bits per heavy atom. The second-order valence-electron chi connectivity index (χ2n) is 9.49. The molecule has 2 heterocycles. The Labute approximate surface area is 212 Å². The highest BCUT2D eigenvalue weighted by atomic mass is 16.5. The smallest absolute Gasteiger partial charge is 0.305 e. The van der Waals surface area contributed by atoms with Gasteiger partial charge in [-0.15, -0.1) is 0 Å². The van der Waals surface area contributed by atoms with Gasteiger partial charge in [0.2, 0.25) is 11.8 Å². The molecule has 7 heteroatoms. The van der Waals surface area contributed by atoms with E-state index >= 15 is 0 Å². The van der Waals surface area contributed by atoms with Crippen molar-refractivity contribution in [1.29, 1.82) is 0 Å². The zero-order valence-corrected chi connectivity index (χ0v) is 20.5. The number of benzene rings is 2. The fourth-order valence-corrected chi connectivity index (χ4v) is 4.84. The molecule has 2 N–H and O–H groups in total. The maximum atomic E-state index is 13.5. The molecule has 4 rings (SSSR count). The second-order valence-corrected chi connectivity index (χ2v) is 9.49. The number of aliphatic hydroxyl groups excluding tert-OH is 1. The third-order valence-electron chi connectivity index (χ3n) is 6.95. The standard InChI is InChI=1S/C29H34N2O5/c32-19-25-16-22-12-8-9-14-24(22)18-31(25)27(33)17-23-13-4-1-2-7-15-28(34)36-20-26(30-29(23)35)21-10-5-3-6-11-21/h1,3-6,8-12,14,23,25-26,32H,2,7,13,15-20H2,(H,30,35)/t23-,25+,26+/m1/s1. The first-order valence-electron chi connectivity index (χ1n) is 12.7. The van der Waals surface area contributed by atoms with Crippen LogP contribution in [-0.4, -0.2) is 47.0 Å². The monoisotopic (exact) mass is 490 g/mol. The Hall–Kier alpha value is -3.45. The number of hydrogen-bond acceptors (Lipinski definition) is 5. The molecule has 2 amide bonds. The van der Waals surface area contributed by atoms with Crippen LogP contribution in [0.2, 0.25) is 0 Å². The van der Waals surface area contributed by atoms with Crippen molar-refractivity contribution >= 4 is 17.8 Å². The van der Waals surface area contributed by atoms with E-state index in [1.165, 1.54) is 0 Å². The summed E-state index contributed by atoms with van der Waals surface area (Å²) in [6.45, 7) is 0.337. The lowest BCUT2D eigenvalue weighted by Crippen LogP contribution is -2.47. The Kier molecular flexibility index (Phi) is 8.90. The van der Waals surface area contributed by atoms with Crippen LogP contribution in [-0.2, 0) is 32.1 Å². The molecule has 0 aliphatic carbocycles. The van der Waals surface area contributed by atoms with Crippen LogP contribution in [0.4, 0.5) is 0 Å². The minimum Gasteiger partial charge on any atom is -0.463 e. The number of esters is 1. The van der Waals surface area contributed by atoms with Crippen molar-refractivity contribution < 1.29 is 24.2 Å². The number of aliphatic hydroxyl groups is 1. The first-order valence-corrected chi connectivity index (χ1v) is 12.7. The number of ether oxygens (including phenoxy) is 1. The molecule has 0 saturated heterocycles. The molecule has 7 nitrogen and oxygen atoms in total. The van der Waals surface area contributed by atoms with Gasteiger partial charge in [0.15, 0.2) is 0 Å². The summed E-state index contributed by atoms with van der Waals surface area (Å²) >= 11 is 0. The summed E-state index contributed by atoms with van der Waals surface area (Å²) in [6, 6.07) is 16.5. The van der Waals surface area contributed by atoms with Gasteiger partial charge < -0.3 is 20.1 Å². The number of amides is 2. The van der Waals surface area contributed by atoms with Crippen molar-refractivity contribution in [2.45, 2.75) is 57.2 Å². The number of rotatable bonds is 4. The molecule has 2 aromatic rings. The van der Waals surface area contributed by atoms with Gasteiger partial charge in [-0.1, -0.05) is 66.7 Å². The van der Waals surface area contributed by atoms with Gasteiger partial charge in [-0.05, 0) is 42.4 Å². The fraction of sp³-hybridized carbons (Fsp3) is 0.414. The van der Waals surface area contributed by atoms with Gasteiger partial charge in [-0.3, -0.25) is 14.4 Å². The lowest BCUT2D eigenvalue weighted by Gasteiger charge is -2.36. The highest BCUT2D eigenvalue weighted by Crippen LogP contribution is 2.26. The molecule has 0 unspecified atom stereocenters. The number of allylic oxidation sites excluding steroid dienone is 2. The van der Waals surface area contributed by atoms with E-state index in [0.717, 1.165) is 16.7 Å². The molecule has 0 radical (unpaired) electrons. The number of carbonyl (C=O) groups excluding carboxylic acids is 3. The number of fused-ring (bicyclic) bond motifs is 1. The summed E-state index contributed by atoms with van der Waals surface area (Å²) in [5.74, 6) is -1.27. The number of hydrogen-bond donors (Lipinski definition) is 2. The maximum absolute atomic E-state index is 13.5. The fourth-order valence-electron chi connectivity index (χ4n) is 4.84. The van der Waals surface area contributed by atoms with Crippen LogP contribution in [0.1, 0.15) is 54.8 Å². The van der Waals surface area contributed by atoms with Crippen LogP contribution in [0.15, 0.2) is 66.7 Å². The summed E-state index contributed by atoms with van der Waals surface area (Å²) < 4.78 is 5.46. The third kappa shape index (κ3) is 6.61. The topological polar surface area (TPSA) is 95.9 Å². The van der Waals surface area contributed by atoms with Gasteiger partial charge in [0, 0.05) is 19.4 Å². The van der Waals surface area contributed by atoms with Gasteiger partial charge in [-0.25, -0.2) is 0 Å². The van der Waals surface area contributed by atoms with Crippen LogP contribution in [0, 0.1) is 5.92 Å². The average molecular weight is 491 g/mol. The van der Waals surface area contributed by atoms with Gasteiger partial charge in [0.1, 0.15) is 6.61 Å².